The summed E-state index contributed by atoms with van der Waals surface area (Å²) in [4.78, 5) is 35.0. The van der Waals surface area contributed by atoms with Gasteiger partial charge < -0.3 is 24.7 Å². The van der Waals surface area contributed by atoms with E-state index in [4.69, 9.17) is 9.47 Å². The van der Waals surface area contributed by atoms with E-state index >= 15 is 0 Å². The third kappa shape index (κ3) is 5.06. The van der Waals surface area contributed by atoms with Crippen LogP contribution in [0.1, 0.15) is 41.7 Å². The van der Waals surface area contributed by atoms with Gasteiger partial charge in [-0.15, -0.1) is 0 Å². The number of aromatic amines is 1. The van der Waals surface area contributed by atoms with Crippen LogP contribution >= 0.6 is 0 Å². The molecule has 2 fully saturated rings. The van der Waals surface area contributed by atoms with Gasteiger partial charge in [-0.05, 0) is 56.7 Å². The summed E-state index contributed by atoms with van der Waals surface area (Å²) in [5.74, 6) is 0.434. The van der Waals surface area contributed by atoms with Crippen molar-refractivity contribution in [1.82, 2.24) is 20.2 Å². The Labute approximate surface area is 209 Å². The molecule has 1 aliphatic heterocycles. The molecule has 3 heterocycles. The number of amides is 2. The second kappa shape index (κ2) is 10.3. The van der Waals surface area contributed by atoms with Crippen molar-refractivity contribution in [3.05, 3.63) is 47.5 Å². The van der Waals surface area contributed by atoms with E-state index in [1.165, 1.54) is 19.2 Å². The highest BCUT2D eigenvalue weighted by Gasteiger charge is 2.27. The second-order valence-electron chi connectivity index (χ2n) is 9.66. The van der Waals surface area contributed by atoms with E-state index in [9.17, 15) is 14.0 Å². The van der Waals surface area contributed by atoms with Crippen molar-refractivity contribution >= 4 is 22.8 Å². The van der Waals surface area contributed by atoms with E-state index in [0.717, 1.165) is 24.0 Å². The third-order valence-corrected chi connectivity index (χ3v) is 6.96. The molecule has 1 saturated carbocycles. The SMILES string of the molecule is COCC(=O)N1CCC(NC(=O)c2c(C)[nH]c3c(-c4ccc(F)cc4OCC4CC4)ccnc23)CC1. The van der Waals surface area contributed by atoms with Crippen LogP contribution in [0.25, 0.3) is 22.2 Å². The molecule has 2 aromatic heterocycles. The monoisotopic (exact) mass is 494 g/mol. The van der Waals surface area contributed by atoms with Crippen molar-refractivity contribution in [3.63, 3.8) is 0 Å². The topological polar surface area (TPSA) is 96.6 Å². The minimum atomic E-state index is -0.354. The number of halogens is 1. The van der Waals surface area contributed by atoms with Gasteiger partial charge in [0.15, 0.2) is 0 Å². The molecule has 5 rings (SSSR count). The van der Waals surface area contributed by atoms with Crippen LogP contribution in [0.3, 0.4) is 0 Å². The summed E-state index contributed by atoms with van der Waals surface area (Å²) in [7, 11) is 1.51. The number of ether oxygens (including phenoxy) is 2. The number of carbonyl (C=O) groups excluding carboxylic acids is 2. The van der Waals surface area contributed by atoms with Crippen LogP contribution < -0.4 is 10.1 Å². The molecule has 2 aliphatic rings. The van der Waals surface area contributed by atoms with Crippen LogP contribution in [0.2, 0.25) is 0 Å². The number of aryl methyl sites for hydroxylation is 1. The Hall–Kier alpha value is -3.46. The molecule has 2 amide bonds. The highest BCUT2D eigenvalue weighted by atomic mass is 19.1. The predicted molar refractivity (Wildman–Crippen MR) is 133 cm³/mol. The number of hydrogen-bond donors (Lipinski definition) is 2. The van der Waals surface area contributed by atoms with Crippen molar-refractivity contribution < 1.29 is 23.5 Å². The first kappa shape index (κ1) is 24.2. The first-order valence-corrected chi connectivity index (χ1v) is 12.4. The van der Waals surface area contributed by atoms with E-state index in [-0.39, 0.29) is 30.3 Å². The Morgan fingerprint density at radius 1 is 1.17 bits per heavy atom. The Morgan fingerprint density at radius 2 is 1.94 bits per heavy atom. The van der Waals surface area contributed by atoms with Gasteiger partial charge in [-0.1, -0.05) is 0 Å². The zero-order valence-electron chi connectivity index (χ0n) is 20.6. The zero-order chi connectivity index (χ0) is 25.2. The largest absolute Gasteiger partial charge is 0.493 e. The molecule has 190 valence electrons. The zero-order valence-corrected chi connectivity index (χ0v) is 20.6. The van der Waals surface area contributed by atoms with Gasteiger partial charge in [-0.25, -0.2) is 4.39 Å². The number of aromatic nitrogens is 2. The van der Waals surface area contributed by atoms with Crippen LogP contribution in [0.15, 0.2) is 30.5 Å². The number of nitrogens with one attached hydrogen (secondary N) is 2. The van der Waals surface area contributed by atoms with Crippen LogP contribution in [0, 0.1) is 18.7 Å². The molecular formula is C27H31FN4O4. The molecule has 0 bridgehead atoms. The van der Waals surface area contributed by atoms with E-state index < -0.39 is 0 Å². The number of methoxy groups -OCH3 is 1. The number of H-pyrrole nitrogens is 1. The average molecular weight is 495 g/mol. The third-order valence-electron chi connectivity index (χ3n) is 6.96. The number of benzene rings is 1. The van der Waals surface area contributed by atoms with Gasteiger partial charge >= 0.3 is 0 Å². The summed E-state index contributed by atoms with van der Waals surface area (Å²) in [5.41, 5.74) is 4.03. The maximum absolute atomic E-state index is 14.0. The lowest BCUT2D eigenvalue weighted by Crippen LogP contribution is -2.47. The number of rotatable bonds is 8. The lowest BCUT2D eigenvalue weighted by atomic mass is 10.0. The molecule has 1 aromatic carbocycles. The number of piperidine rings is 1. The van der Waals surface area contributed by atoms with Crippen molar-refractivity contribution in [2.45, 2.75) is 38.6 Å². The van der Waals surface area contributed by atoms with Crippen LogP contribution in [0.4, 0.5) is 4.39 Å². The van der Waals surface area contributed by atoms with Crippen molar-refractivity contribution in [2.24, 2.45) is 5.92 Å². The van der Waals surface area contributed by atoms with Gasteiger partial charge in [-0.2, -0.15) is 0 Å². The fourth-order valence-corrected chi connectivity index (χ4v) is 4.78. The molecule has 0 atom stereocenters. The van der Waals surface area contributed by atoms with Gasteiger partial charge in [0.1, 0.15) is 23.7 Å². The molecule has 1 saturated heterocycles. The summed E-state index contributed by atoms with van der Waals surface area (Å²) in [5, 5.41) is 3.12. The molecule has 2 N–H and O–H groups in total. The summed E-state index contributed by atoms with van der Waals surface area (Å²) in [6.45, 7) is 3.65. The Kier molecular flexibility index (Phi) is 6.91. The van der Waals surface area contributed by atoms with Gasteiger partial charge in [0, 0.05) is 55.3 Å². The van der Waals surface area contributed by atoms with Crippen molar-refractivity contribution in [1.29, 1.82) is 0 Å². The molecule has 1 aliphatic carbocycles. The molecule has 9 heteroatoms. The van der Waals surface area contributed by atoms with E-state index in [1.807, 2.05) is 13.0 Å². The summed E-state index contributed by atoms with van der Waals surface area (Å²) < 4.78 is 25.0. The minimum absolute atomic E-state index is 0.0313. The number of hydrogen-bond acceptors (Lipinski definition) is 5. The fourth-order valence-electron chi connectivity index (χ4n) is 4.78. The Balaban J connectivity index is 1.37. The summed E-state index contributed by atoms with van der Waals surface area (Å²) in [6.07, 6.45) is 5.30. The lowest BCUT2D eigenvalue weighted by molar-refractivity contribution is -0.136. The molecule has 36 heavy (non-hydrogen) atoms. The maximum atomic E-state index is 14.0. The van der Waals surface area contributed by atoms with Gasteiger partial charge in [0.25, 0.3) is 5.91 Å². The van der Waals surface area contributed by atoms with Gasteiger partial charge in [0.2, 0.25) is 5.91 Å². The predicted octanol–water partition coefficient (Wildman–Crippen LogP) is 3.83. The molecular weight excluding hydrogens is 463 g/mol. The first-order chi connectivity index (χ1) is 17.4. The Morgan fingerprint density at radius 3 is 2.67 bits per heavy atom. The molecule has 0 unspecified atom stereocenters. The fraction of sp³-hybridized carbons (Fsp3) is 0.444. The summed E-state index contributed by atoms with van der Waals surface area (Å²) in [6, 6.07) is 6.36. The normalized spacial score (nSPS) is 16.4. The molecule has 3 aromatic rings. The molecule has 8 nitrogen and oxygen atoms in total. The number of likely N-dealkylation sites (tertiary alicyclic amines) is 1. The van der Waals surface area contributed by atoms with E-state index in [2.05, 4.69) is 15.3 Å². The lowest BCUT2D eigenvalue weighted by Gasteiger charge is -2.32. The smallest absolute Gasteiger partial charge is 0.255 e. The van der Waals surface area contributed by atoms with Crippen molar-refractivity contribution in [2.75, 3.05) is 33.4 Å². The van der Waals surface area contributed by atoms with E-state index in [0.29, 0.717) is 66.5 Å². The average Bonchev–Trinajstić information content (AvgIpc) is 3.63. The summed E-state index contributed by atoms with van der Waals surface area (Å²) >= 11 is 0. The molecule has 0 spiro atoms. The highest BCUT2D eigenvalue weighted by Crippen LogP contribution is 2.38. The highest BCUT2D eigenvalue weighted by molar-refractivity contribution is 6.09. The number of nitrogens with zero attached hydrogens (tertiary/aromatic N) is 2. The van der Waals surface area contributed by atoms with Crippen molar-refractivity contribution in [3.8, 4) is 16.9 Å². The maximum Gasteiger partial charge on any atom is 0.255 e. The van der Waals surface area contributed by atoms with E-state index in [1.54, 1.807) is 17.2 Å². The van der Waals surface area contributed by atoms with Crippen LogP contribution in [0.5, 0.6) is 5.75 Å². The minimum Gasteiger partial charge on any atom is -0.493 e. The quantitative estimate of drug-likeness (QED) is 0.496. The van der Waals surface area contributed by atoms with Crippen LogP contribution in [-0.2, 0) is 9.53 Å². The number of fused-ring (bicyclic) bond motifs is 1. The number of pyridine rings is 1. The second-order valence-corrected chi connectivity index (χ2v) is 9.66. The Bertz CT molecular complexity index is 1280. The molecule has 0 radical (unpaired) electrons. The van der Waals surface area contributed by atoms with Gasteiger partial charge in [0.05, 0.1) is 17.7 Å². The van der Waals surface area contributed by atoms with Crippen LogP contribution in [-0.4, -0.2) is 66.1 Å². The standard InChI is InChI=1S/C27H31FN4O4/c1-16-24(27(34)31-19-8-11-32(12-9-19)23(33)15-35-2)26-25(30-16)21(7-10-29-26)20-6-5-18(28)13-22(20)36-14-17-3-4-17/h5-7,10,13,17,19,30H,3-4,8-9,11-12,14-15H2,1-2H3,(H,31,34). The van der Waals surface area contributed by atoms with Gasteiger partial charge in [-0.3, -0.25) is 14.6 Å². The first-order valence-electron chi connectivity index (χ1n) is 12.4. The number of carbonyl (C=O) groups is 2.